The fourth-order valence-corrected chi connectivity index (χ4v) is 4.61. The third-order valence-electron chi connectivity index (χ3n) is 5.87. The molecule has 2 aliphatic rings. The normalized spacial score (nSPS) is 22.4. The fraction of sp³-hybridized carbons (Fsp3) is 0.789. The van der Waals surface area contributed by atoms with Gasteiger partial charge in [0.25, 0.3) is 5.91 Å². The largest absolute Gasteiger partial charge is 0.334 e. The van der Waals surface area contributed by atoms with Crippen LogP contribution in [0.3, 0.4) is 0 Å². The van der Waals surface area contributed by atoms with Crippen molar-refractivity contribution in [3.05, 3.63) is 17.5 Å². The zero-order chi connectivity index (χ0) is 16.4. The lowest BCUT2D eigenvalue weighted by Gasteiger charge is -2.30. The second kappa shape index (κ2) is 7.06. The number of hydrogen-bond donors (Lipinski definition) is 0. The zero-order valence-electron chi connectivity index (χ0n) is 14.9. The van der Waals surface area contributed by atoms with Gasteiger partial charge in [0.05, 0.1) is 11.7 Å². The van der Waals surface area contributed by atoms with E-state index in [2.05, 4.69) is 23.8 Å². The number of hydrogen-bond acceptors (Lipinski definition) is 2. The molecule has 1 amide bonds. The summed E-state index contributed by atoms with van der Waals surface area (Å²) in [6, 6.07) is 2.79. The lowest BCUT2D eigenvalue weighted by atomic mass is 9.96. The van der Waals surface area contributed by atoms with Crippen LogP contribution in [0.15, 0.2) is 6.07 Å². The van der Waals surface area contributed by atoms with Crippen molar-refractivity contribution >= 4 is 5.91 Å². The van der Waals surface area contributed by atoms with Crippen LogP contribution in [0.25, 0.3) is 0 Å². The van der Waals surface area contributed by atoms with Crippen LogP contribution >= 0.6 is 0 Å². The third kappa shape index (κ3) is 3.17. The Morgan fingerprint density at radius 3 is 2.57 bits per heavy atom. The molecule has 1 atom stereocenters. The summed E-state index contributed by atoms with van der Waals surface area (Å²) in [5, 5.41) is 4.64. The average Bonchev–Trinajstić information content (AvgIpc) is 3.27. The molecule has 4 nitrogen and oxygen atoms in total. The summed E-state index contributed by atoms with van der Waals surface area (Å²) in [5.74, 6) is 0.943. The molecule has 1 saturated carbocycles. The molecule has 1 aromatic heterocycles. The molecule has 3 rings (SSSR count). The molecule has 0 bridgehead atoms. The van der Waals surface area contributed by atoms with Crippen molar-refractivity contribution in [2.24, 2.45) is 5.92 Å². The predicted molar refractivity (Wildman–Crippen MR) is 92.6 cm³/mol. The van der Waals surface area contributed by atoms with Crippen LogP contribution in [0.5, 0.6) is 0 Å². The molecule has 0 spiro atoms. The standard InChI is InChI=1S/C19H31N3O/c1-4-16(5-2)22-18(13-14(3)20-22)19(23)21-12-8-11-17(21)15-9-6-7-10-15/h13,15-17H,4-12H2,1-3H3/t17-/m0/s1. The number of aryl methyl sites for hydroxylation is 1. The van der Waals surface area contributed by atoms with Gasteiger partial charge in [0, 0.05) is 12.6 Å². The van der Waals surface area contributed by atoms with Crippen molar-refractivity contribution < 1.29 is 4.79 Å². The molecule has 0 unspecified atom stereocenters. The fourth-order valence-electron chi connectivity index (χ4n) is 4.61. The van der Waals surface area contributed by atoms with Crippen LogP contribution in [-0.2, 0) is 0 Å². The predicted octanol–water partition coefficient (Wildman–Crippen LogP) is 4.35. The number of likely N-dealkylation sites (tertiary alicyclic amines) is 1. The Bertz CT molecular complexity index is 541. The molecule has 0 aromatic carbocycles. The molecule has 1 aromatic rings. The SMILES string of the molecule is CCC(CC)n1nc(C)cc1C(=O)N1CCC[C@H]1C1CCCC1. The Balaban J connectivity index is 1.84. The molecule has 0 radical (unpaired) electrons. The Morgan fingerprint density at radius 1 is 1.22 bits per heavy atom. The summed E-state index contributed by atoms with van der Waals surface area (Å²) in [4.78, 5) is 15.4. The summed E-state index contributed by atoms with van der Waals surface area (Å²) in [7, 11) is 0. The summed E-state index contributed by atoms with van der Waals surface area (Å²) in [5.41, 5.74) is 1.76. The van der Waals surface area contributed by atoms with Gasteiger partial charge >= 0.3 is 0 Å². The van der Waals surface area contributed by atoms with Gasteiger partial charge in [-0.2, -0.15) is 5.10 Å². The lowest BCUT2D eigenvalue weighted by molar-refractivity contribution is 0.0673. The molecule has 1 aliphatic carbocycles. The second-order valence-corrected chi connectivity index (χ2v) is 7.34. The van der Waals surface area contributed by atoms with E-state index in [1.165, 1.54) is 32.1 Å². The van der Waals surface area contributed by atoms with E-state index in [1.807, 2.05) is 17.7 Å². The second-order valence-electron chi connectivity index (χ2n) is 7.34. The van der Waals surface area contributed by atoms with E-state index in [-0.39, 0.29) is 5.91 Å². The third-order valence-corrected chi connectivity index (χ3v) is 5.87. The van der Waals surface area contributed by atoms with Gasteiger partial charge in [0.2, 0.25) is 0 Å². The summed E-state index contributed by atoms with van der Waals surface area (Å²) >= 11 is 0. The first-order valence-electron chi connectivity index (χ1n) is 9.52. The highest BCUT2D eigenvalue weighted by Gasteiger charge is 2.37. The molecule has 1 saturated heterocycles. The van der Waals surface area contributed by atoms with E-state index in [1.54, 1.807) is 0 Å². The molecule has 0 N–H and O–H groups in total. The van der Waals surface area contributed by atoms with Crippen LogP contribution in [0, 0.1) is 12.8 Å². The van der Waals surface area contributed by atoms with Crippen LogP contribution in [0.4, 0.5) is 0 Å². The first-order valence-corrected chi connectivity index (χ1v) is 9.52. The maximum Gasteiger partial charge on any atom is 0.272 e. The smallest absolute Gasteiger partial charge is 0.272 e. The number of carbonyl (C=O) groups is 1. The van der Waals surface area contributed by atoms with Gasteiger partial charge in [-0.1, -0.05) is 26.7 Å². The Hall–Kier alpha value is -1.32. The van der Waals surface area contributed by atoms with Crippen LogP contribution in [-0.4, -0.2) is 33.2 Å². The summed E-state index contributed by atoms with van der Waals surface area (Å²) < 4.78 is 2.00. The van der Waals surface area contributed by atoms with Crippen molar-refractivity contribution in [2.75, 3.05) is 6.54 Å². The molecular weight excluding hydrogens is 286 g/mol. The van der Waals surface area contributed by atoms with Gasteiger partial charge in [0.1, 0.15) is 5.69 Å². The Morgan fingerprint density at radius 2 is 1.91 bits per heavy atom. The zero-order valence-corrected chi connectivity index (χ0v) is 14.9. The first kappa shape index (κ1) is 16.5. The van der Waals surface area contributed by atoms with E-state index in [4.69, 9.17) is 0 Å². The van der Waals surface area contributed by atoms with Crippen molar-refractivity contribution in [1.82, 2.24) is 14.7 Å². The monoisotopic (exact) mass is 317 g/mol. The minimum atomic E-state index is 0.215. The molecule has 2 heterocycles. The topological polar surface area (TPSA) is 38.1 Å². The molecule has 128 valence electrons. The minimum Gasteiger partial charge on any atom is -0.334 e. The Kier molecular flexibility index (Phi) is 5.08. The number of rotatable bonds is 5. The lowest BCUT2D eigenvalue weighted by Crippen LogP contribution is -2.40. The van der Waals surface area contributed by atoms with E-state index in [9.17, 15) is 4.79 Å². The number of amides is 1. The molecule has 4 heteroatoms. The summed E-state index contributed by atoms with van der Waals surface area (Å²) in [6.07, 6.45) is 9.67. The van der Waals surface area contributed by atoms with Gasteiger partial charge in [-0.15, -0.1) is 0 Å². The average molecular weight is 317 g/mol. The van der Waals surface area contributed by atoms with Crippen molar-refractivity contribution in [1.29, 1.82) is 0 Å². The van der Waals surface area contributed by atoms with E-state index in [0.717, 1.165) is 43.1 Å². The maximum absolute atomic E-state index is 13.2. The highest BCUT2D eigenvalue weighted by Crippen LogP contribution is 2.36. The van der Waals surface area contributed by atoms with Gasteiger partial charge in [0.15, 0.2) is 0 Å². The van der Waals surface area contributed by atoms with Gasteiger partial charge in [-0.25, -0.2) is 0 Å². The van der Waals surface area contributed by atoms with E-state index >= 15 is 0 Å². The van der Waals surface area contributed by atoms with Gasteiger partial charge < -0.3 is 4.90 Å². The minimum absolute atomic E-state index is 0.215. The molecule has 23 heavy (non-hydrogen) atoms. The van der Waals surface area contributed by atoms with Gasteiger partial charge in [-0.05, 0) is 57.4 Å². The highest BCUT2D eigenvalue weighted by molar-refractivity contribution is 5.93. The van der Waals surface area contributed by atoms with Crippen molar-refractivity contribution in [2.45, 2.75) is 84.2 Å². The summed E-state index contributed by atoms with van der Waals surface area (Å²) in [6.45, 7) is 7.27. The van der Waals surface area contributed by atoms with Crippen LogP contribution < -0.4 is 0 Å². The van der Waals surface area contributed by atoms with Crippen molar-refractivity contribution in [3.63, 3.8) is 0 Å². The number of aromatic nitrogens is 2. The maximum atomic E-state index is 13.2. The quantitative estimate of drug-likeness (QED) is 0.810. The highest BCUT2D eigenvalue weighted by atomic mass is 16.2. The molecule has 1 aliphatic heterocycles. The number of carbonyl (C=O) groups excluding carboxylic acids is 1. The first-order chi connectivity index (χ1) is 11.2. The molecule has 2 fully saturated rings. The van der Waals surface area contributed by atoms with Crippen molar-refractivity contribution in [3.8, 4) is 0 Å². The van der Waals surface area contributed by atoms with Gasteiger partial charge in [-0.3, -0.25) is 9.48 Å². The van der Waals surface area contributed by atoms with Crippen LogP contribution in [0.1, 0.15) is 87.4 Å². The van der Waals surface area contributed by atoms with E-state index in [0.29, 0.717) is 12.1 Å². The van der Waals surface area contributed by atoms with Crippen LogP contribution in [0.2, 0.25) is 0 Å². The van der Waals surface area contributed by atoms with E-state index < -0.39 is 0 Å². The Labute approximate surface area is 140 Å². The molecular formula is C19H31N3O. The number of nitrogens with zero attached hydrogens (tertiary/aromatic N) is 3.